The molecule has 0 amide bonds. The van der Waals surface area contributed by atoms with Gasteiger partial charge >= 0.3 is 0 Å². The van der Waals surface area contributed by atoms with Gasteiger partial charge in [0, 0.05) is 32.0 Å². The van der Waals surface area contributed by atoms with E-state index in [-0.39, 0.29) is 0 Å². The molecule has 110 valence electrons. The molecule has 1 unspecified atom stereocenters. The highest BCUT2D eigenvalue weighted by molar-refractivity contribution is 7.88. The van der Waals surface area contributed by atoms with Crippen molar-refractivity contribution in [1.29, 1.82) is 0 Å². The normalized spacial score (nSPS) is 24.9. The van der Waals surface area contributed by atoms with E-state index in [1.54, 1.807) is 12.4 Å². The Labute approximate surface area is 119 Å². The maximum absolute atomic E-state index is 11.1. The molecule has 1 N–H and O–H groups in total. The highest BCUT2D eigenvalue weighted by Gasteiger charge is 2.54. The van der Waals surface area contributed by atoms with Gasteiger partial charge in [0.2, 0.25) is 16.0 Å². The van der Waals surface area contributed by atoms with E-state index in [1.807, 2.05) is 6.07 Å². The molecule has 1 aliphatic carbocycles. The maximum Gasteiger partial charge on any atom is 0.225 e. The fourth-order valence-corrected chi connectivity index (χ4v) is 3.70. The van der Waals surface area contributed by atoms with Crippen molar-refractivity contribution in [1.82, 2.24) is 14.7 Å². The quantitative estimate of drug-likeness (QED) is 0.882. The minimum Gasteiger partial charge on any atom is -0.341 e. The van der Waals surface area contributed by atoms with E-state index in [2.05, 4.69) is 19.6 Å². The van der Waals surface area contributed by atoms with Crippen LogP contribution < -0.4 is 9.62 Å². The van der Waals surface area contributed by atoms with Crippen LogP contribution in [-0.2, 0) is 10.0 Å². The summed E-state index contributed by atoms with van der Waals surface area (Å²) < 4.78 is 24.9. The van der Waals surface area contributed by atoms with Crippen molar-refractivity contribution in [3.63, 3.8) is 0 Å². The summed E-state index contributed by atoms with van der Waals surface area (Å²) in [5, 5.41) is 0. The van der Waals surface area contributed by atoms with Crippen molar-refractivity contribution < 1.29 is 8.42 Å². The summed E-state index contributed by atoms with van der Waals surface area (Å²) in [5.41, 5.74) is 0.350. The van der Waals surface area contributed by atoms with Crippen LogP contribution in [0.5, 0.6) is 0 Å². The molecule has 3 rings (SSSR count). The molecule has 1 aromatic rings. The van der Waals surface area contributed by atoms with Crippen LogP contribution in [0.2, 0.25) is 0 Å². The Morgan fingerprint density at radius 1 is 1.35 bits per heavy atom. The third kappa shape index (κ3) is 2.93. The number of hydrogen-bond acceptors (Lipinski definition) is 5. The SMILES string of the molecule is CS(=O)(=O)NCC1CC12CCN(c1ncccn1)CC2. The second-order valence-corrected chi connectivity index (χ2v) is 7.75. The second kappa shape index (κ2) is 4.96. The number of anilines is 1. The van der Waals surface area contributed by atoms with Gasteiger partial charge in [0.05, 0.1) is 6.26 Å². The molecule has 0 radical (unpaired) electrons. The number of piperidine rings is 1. The van der Waals surface area contributed by atoms with E-state index in [4.69, 9.17) is 0 Å². The summed E-state index contributed by atoms with van der Waals surface area (Å²) in [4.78, 5) is 10.8. The molecule has 7 heteroatoms. The molecular weight excluding hydrogens is 276 g/mol. The monoisotopic (exact) mass is 296 g/mol. The molecule has 0 aromatic carbocycles. The fourth-order valence-electron chi connectivity index (χ4n) is 3.19. The average molecular weight is 296 g/mol. The Morgan fingerprint density at radius 3 is 2.60 bits per heavy atom. The number of sulfonamides is 1. The van der Waals surface area contributed by atoms with Crippen LogP contribution in [0.1, 0.15) is 19.3 Å². The molecule has 1 saturated carbocycles. The Kier molecular flexibility index (Phi) is 3.41. The third-order valence-electron chi connectivity index (χ3n) is 4.54. The Morgan fingerprint density at radius 2 is 2.00 bits per heavy atom. The highest BCUT2D eigenvalue weighted by Crippen LogP contribution is 2.59. The standard InChI is InChI=1S/C13H20N4O2S/c1-20(18,19)16-10-11-9-13(11)3-7-17(8-4-13)12-14-5-2-6-15-12/h2,5-6,11,16H,3-4,7-10H2,1H3. The molecule has 2 fully saturated rings. The van der Waals surface area contributed by atoms with Gasteiger partial charge in [0.25, 0.3) is 0 Å². The van der Waals surface area contributed by atoms with E-state index < -0.39 is 10.0 Å². The van der Waals surface area contributed by atoms with Gasteiger partial charge in [0.1, 0.15) is 0 Å². The zero-order valence-corrected chi connectivity index (χ0v) is 12.4. The zero-order chi connectivity index (χ0) is 14.2. The molecular formula is C13H20N4O2S. The number of hydrogen-bond donors (Lipinski definition) is 1. The number of nitrogens with zero attached hydrogens (tertiary/aromatic N) is 3. The highest BCUT2D eigenvalue weighted by atomic mass is 32.2. The van der Waals surface area contributed by atoms with Crippen LogP contribution in [0.3, 0.4) is 0 Å². The molecule has 6 nitrogen and oxygen atoms in total. The van der Waals surface area contributed by atoms with Crippen LogP contribution >= 0.6 is 0 Å². The summed E-state index contributed by atoms with van der Waals surface area (Å²) >= 11 is 0. The molecule has 0 bridgehead atoms. The van der Waals surface area contributed by atoms with Crippen molar-refractivity contribution in [3.8, 4) is 0 Å². The smallest absolute Gasteiger partial charge is 0.225 e. The maximum atomic E-state index is 11.1. The Hall–Kier alpha value is -1.21. The molecule has 1 saturated heterocycles. The third-order valence-corrected chi connectivity index (χ3v) is 5.24. The summed E-state index contributed by atoms with van der Waals surface area (Å²) in [5.74, 6) is 1.30. The van der Waals surface area contributed by atoms with Gasteiger partial charge < -0.3 is 4.90 Å². The van der Waals surface area contributed by atoms with Crippen molar-refractivity contribution in [2.75, 3.05) is 30.8 Å². The van der Waals surface area contributed by atoms with Crippen molar-refractivity contribution in [3.05, 3.63) is 18.5 Å². The Balaban J connectivity index is 1.53. The van der Waals surface area contributed by atoms with E-state index in [9.17, 15) is 8.42 Å². The first kappa shape index (κ1) is 13.8. The van der Waals surface area contributed by atoms with E-state index in [0.29, 0.717) is 17.9 Å². The number of nitrogens with one attached hydrogen (secondary N) is 1. The first-order valence-electron chi connectivity index (χ1n) is 6.95. The Bertz CT molecular complexity index is 567. The minimum atomic E-state index is -3.07. The predicted octanol–water partition coefficient (Wildman–Crippen LogP) is 0.632. The van der Waals surface area contributed by atoms with Crippen molar-refractivity contribution in [2.24, 2.45) is 11.3 Å². The van der Waals surface area contributed by atoms with Gasteiger partial charge in [-0.2, -0.15) is 0 Å². The van der Waals surface area contributed by atoms with Gasteiger partial charge in [-0.3, -0.25) is 0 Å². The molecule has 1 aromatic heterocycles. The molecule has 1 spiro atoms. The van der Waals surface area contributed by atoms with Gasteiger partial charge in [0.15, 0.2) is 0 Å². The number of rotatable bonds is 4. The van der Waals surface area contributed by atoms with Gasteiger partial charge in [-0.25, -0.2) is 23.1 Å². The largest absolute Gasteiger partial charge is 0.341 e. The van der Waals surface area contributed by atoms with E-state index in [1.165, 1.54) is 6.26 Å². The lowest BCUT2D eigenvalue weighted by atomic mass is 9.91. The van der Waals surface area contributed by atoms with Gasteiger partial charge in [-0.15, -0.1) is 0 Å². The molecule has 20 heavy (non-hydrogen) atoms. The topological polar surface area (TPSA) is 75.2 Å². The fraction of sp³-hybridized carbons (Fsp3) is 0.692. The first-order valence-corrected chi connectivity index (χ1v) is 8.84. The van der Waals surface area contributed by atoms with Crippen LogP contribution in [0, 0.1) is 11.3 Å². The van der Waals surface area contributed by atoms with Gasteiger partial charge in [-0.05, 0) is 36.7 Å². The molecule has 2 heterocycles. The molecule has 1 atom stereocenters. The summed E-state index contributed by atoms with van der Waals surface area (Å²) in [7, 11) is -3.07. The predicted molar refractivity (Wildman–Crippen MR) is 76.9 cm³/mol. The minimum absolute atomic E-state index is 0.350. The average Bonchev–Trinajstić information content (AvgIpc) is 3.10. The second-order valence-electron chi connectivity index (χ2n) is 5.92. The summed E-state index contributed by atoms with van der Waals surface area (Å²) in [6.45, 7) is 2.50. The van der Waals surface area contributed by atoms with Crippen LogP contribution in [0.15, 0.2) is 18.5 Å². The van der Waals surface area contributed by atoms with Crippen LogP contribution in [0.4, 0.5) is 5.95 Å². The molecule has 1 aliphatic heterocycles. The summed E-state index contributed by atoms with van der Waals surface area (Å²) in [6, 6.07) is 1.82. The zero-order valence-electron chi connectivity index (χ0n) is 11.6. The van der Waals surface area contributed by atoms with E-state index >= 15 is 0 Å². The van der Waals surface area contributed by atoms with Crippen molar-refractivity contribution >= 4 is 16.0 Å². The lowest BCUT2D eigenvalue weighted by Gasteiger charge is -2.32. The molecule has 2 aliphatic rings. The van der Waals surface area contributed by atoms with Crippen LogP contribution in [0.25, 0.3) is 0 Å². The lowest BCUT2D eigenvalue weighted by Crippen LogP contribution is -2.37. The van der Waals surface area contributed by atoms with Crippen molar-refractivity contribution in [2.45, 2.75) is 19.3 Å². The van der Waals surface area contributed by atoms with E-state index in [0.717, 1.165) is 38.3 Å². The van der Waals surface area contributed by atoms with Gasteiger partial charge in [-0.1, -0.05) is 0 Å². The summed E-state index contributed by atoms with van der Waals surface area (Å²) in [6.07, 6.45) is 8.09. The lowest BCUT2D eigenvalue weighted by molar-refractivity contribution is 0.346. The van der Waals surface area contributed by atoms with Crippen LogP contribution in [-0.4, -0.2) is 44.3 Å². The first-order chi connectivity index (χ1) is 9.49. The number of aromatic nitrogens is 2.